The second-order valence-electron chi connectivity index (χ2n) is 6.61. The molecule has 0 spiro atoms. The van der Waals surface area contributed by atoms with E-state index < -0.39 is 0 Å². The quantitative estimate of drug-likeness (QED) is 0.815. The Hall–Kier alpha value is -2.64. The van der Waals surface area contributed by atoms with Crippen LogP contribution in [-0.2, 0) is 24.8 Å². The third kappa shape index (κ3) is 2.92. The van der Waals surface area contributed by atoms with Gasteiger partial charge in [0.25, 0.3) is 0 Å². The number of ether oxygens (including phenoxy) is 1. The van der Waals surface area contributed by atoms with E-state index in [1.165, 1.54) is 16.8 Å². The van der Waals surface area contributed by atoms with E-state index in [4.69, 9.17) is 4.74 Å². The molecule has 2 aliphatic rings. The van der Waals surface area contributed by atoms with Crippen molar-refractivity contribution < 1.29 is 13.9 Å². The van der Waals surface area contributed by atoms with Crippen LogP contribution in [0, 0.1) is 11.7 Å². The molecule has 25 heavy (non-hydrogen) atoms. The highest BCUT2D eigenvalue weighted by Gasteiger charge is 2.37. The molecular formula is C17H19FN4O3. The number of amides is 1. The maximum atomic E-state index is 12.9. The van der Waals surface area contributed by atoms with E-state index in [1.807, 2.05) is 0 Å². The summed E-state index contributed by atoms with van der Waals surface area (Å²) in [5.74, 6) is 0.905. The first-order valence-corrected chi connectivity index (χ1v) is 8.35. The molecule has 1 unspecified atom stereocenters. The predicted molar refractivity (Wildman–Crippen MR) is 86.7 cm³/mol. The molecule has 132 valence electrons. The molecule has 1 aromatic heterocycles. The number of rotatable bonds is 3. The predicted octanol–water partition coefficient (Wildman–Crippen LogP) is 0.573. The monoisotopic (exact) mass is 346 g/mol. The Morgan fingerprint density at radius 2 is 1.96 bits per heavy atom. The van der Waals surface area contributed by atoms with E-state index in [2.05, 4.69) is 5.10 Å². The van der Waals surface area contributed by atoms with Gasteiger partial charge in [-0.05, 0) is 30.7 Å². The summed E-state index contributed by atoms with van der Waals surface area (Å²) in [7, 11) is 1.62. The number of likely N-dealkylation sites (tertiary alicyclic amines) is 1. The Labute approximate surface area is 143 Å². The maximum absolute atomic E-state index is 12.9. The number of carbonyl (C=O) groups excluding carboxylic acids is 1. The van der Waals surface area contributed by atoms with Crippen LogP contribution in [0.15, 0.2) is 29.1 Å². The SMILES string of the molecule is Cn1nc2n(c1=O)CC(C(=O)N1CC(Oc3ccc(F)cc3)C1)CC2. The van der Waals surface area contributed by atoms with Crippen molar-refractivity contribution in [3.05, 3.63) is 46.4 Å². The van der Waals surface area contributed by atoms with Crippen LogP contribution >= 0.6 is 0 Å². The third-order valence-corrected chi connectivity index (χ3v) is 4.83. The third-order valence-electron chi connectivity index (χ3n) is 4.83. The van der Waals surface area contributed by atoms with Crippen LogP contribution in [0.3, 0.4) is 0 Å². The van der Waals surface area contributed by atoms with Gasteiger partial charge in [0.2, 0.25) is 5.91 Å². The van der Waals surface area contributed by atoms with Gasteiger partial charge in [0.15, 0.2) is 0 Å². The largest absolute Gasteiger partial charge is 0.487 e. The lowest BCUT2D eigenvalue weighted by Gasteiger charge is -2.41. The van der Waals surface area contributed by atoms with E-state index in [0.717, 1.165) is 5.82 Å². The molecule has 1 fully saturated rings. The van der Waals surface area contributed by atoms with E-state index in [9.17, 15) is 14.0 Å². The van der Waals surface area contributed by atoms with Gasteiger partial charge >= 0.3 is 5.69 Å². The molecule has 8 heteroatoms. The molecule has 4 rings (SSSR count). The first-order chi connectivity index (χ1) is 12.0. The zero-order valence-corrected chi connectivity index (χ0v) is 13.9. The number of nitrogens with zero attached hydrogens (tertiary/aromatic N) is 4. The smallest absolute Gasteiger partial charge is 0.345 e. The number of hydrogen-bond acceptors (Lipinski definition) is 4. The summed E-state index contributed by atoms with van der Waals surface area (Å²) in [5.41, 5.74) is -0.173. The van der Waals surface area contributed by atoms with Crippen molar-refractivity contribution >= 4 is 5.91 Å². The molecule has 1 saturated heterocycles. The summed E-state index contributed by atoms with van der Waals surface area (Å²) in [5, 5.41) is 4.18. The number of carbonyl (C=O) groups is 1. The van der Waals surface area contributed by atoms with Crippen molar-refractivity contribution in [2.45, 2.75) is 25.5 Å². The molecule has 0 aliphatic carbocycles. The molecule has 0 saturated carbocycles. The van der Waals surface area contributed by atoms with Crippen molar-refractivity contribution in [1.29, 1.82) is 0 Å². The Balaban J connectivity index is 1.34. The highest BCUT2D eigenvalue weighted by Crippen LogP contribution is 2.24. The summed E-state index contributed by atoms with van der Waals surface area (Å²) in [6.45, 7) is 1.42. The standard InChI is InChI=1S/C17H19FN4O3/c1-20-17(24)22-8-11(2-7-15(22)19-20)16(23)21-9-14(10-21)25-13-5-3-12(18)4-6-13/h3-6,11,14H,2,7-10H2,1H3. The van der Waals surface area contributed by atoms with Crippen LogP contribution in [0.1, 0.15) is 12.2 Å². The average molecular weight is 346 g/mol. The fraction of sp³-hybridized carbons (Fsp3) is 0.471. The van der Waals surface area contributed by atoms with Gasteiger partial charge in [0.1, 0.15) is 23.5 Å². The van der Waals surface area contributed by atoms with Crippen molar-refractivity contribution in [3.8, 4) is 5.75 Å². The second kappa shape index (κ2) is 6.02. The molecule has 2 aliphatic heterocycles. The Morgan fingerprint density at radius 1 is 1.24 bits per heavy atom. The Morgan fingerprint density at radius 3 is 2.68 bits per heavy atom. The lowest BCUT2D eigenvalue weighted by Crippen LogP contribution is -2.58. The topological polar surface area (TPSA) is 69.4 Å². The minimum atomic E-state index is -0.305. The van der Waals surface area contributed by atoms with Crippen molar-refractivity contribution in [1.82, 2.24) is 19.2 Å². The van der Waals surface area contributed by atoms with Crippen LogP contribution in [-0.4, -0.2) is 44.3 Å². The summed E-state index contributed by atoms with van der Waals surface area (Å²) in [6, 6.07) is 5.86. The maximum Gasteiger partial charge on any atom is 0.345 e. The van der Waals surface area contributed by atoms with Crippen molar-refractivity contribution in [2.24, 2.45) is 13.0 Å². The molecule has 3 heterocycles. The van der Waals surface area contributed by atoms with Crippen molar-refractivity contribution in [3.63, 3.8) is 0 Å². The van der Waals surface area contributed by atoms with E-state index >= 15 is 0 Å². The first-order valence-electron chi connectivity index (χ1n) is 8.35. The zero-order chi connectivity index (χ0) is 17.6. The number of hydrogen-bond donors (Lipinski definition) is 0. The molecule has 0 N–H and O–H groups in total. The molecule has 1 amide bonds. The lowest BCUT2D eigenvalue weighted by molar-refractivity contribution is -0.145. The molecule has 2 aromatic rings. The number of aryl methyl sites for hydroxylation is 2. The fourth-order valence-corrected chi connectivity index (χ4v) is 3.40. The molecule has 7 nitrogen and oxygen atoms in total. The molecule has 1 atom stereocenters. The molecular weight excluding hydrogens is 327 g/mol. The average Bonchev–Trinajstić information content (AvgIpc) is 2.86. The van der Waals surface area contributed by atoms with Gasteiger partial charge in [0.05, 0.1) is 19.0 Å². The summed E-state index contributed by atoms with van der Waals surface area (Å²) in [4.78, 5) is 26.4. The van der Waals surface area contributed by atoms with Gasteiger partial charge in [-0.3, -0.25) is 9.36 Å². The van der Waals surface area contributed by atoms with Crippen molar-refractivity contribution in [2.75, 3.05) is 13.1 Å². The summed E-state index contributed by atoms with van der Waals surface area (Å²) < 4.78 is 21.5. The number of halogens is 1. The van der Waals surface area contributed by atoms with E-state index in [0.29, 0.717) is 38.2 Å². The lowest BCUT2D eigenvalue weighted by atomic mass is 9.96. The second-order valence-corrected chi connectivity index (χ2v) is 6.61. The Kier molecular flexibility index (Phi) is 3.82. The van der Waals surface area contributed by atoms with Crippen LogP contribution in [0.2, 0.25) is 0 Å². The molecule has 1 aromatic carbocycles. The minimum absolute atomic E-state index is 0.0559. The first kappa shape index (κ1) is 15.9. The van der Waals surface area contributed by atoms with Gasteiger partial charge in [-0.15, -0.1) is 0 Å². The van der Waals surface area contributed by atoms with E-state index in [-0.39, 0.29) is 29.4 Å². The van der Waals surface area contributed by atoms with Gasteiger partial charge in [0, 0.05) is 20.0 Å². The fourth-order valence-electron chi connectivity index (χ4n) is 3.40. The number of aromatic nitrogens is 3. The highest BCUT2D eigenvalue weighted by atomic mass is 19.1. The number of fused-ring (bicyclic) bond motifs is 1. The van der Waals surface area contributed by atoms with Crippen LogP contribution in [0.25, 0.3) is 0 Å². The van der Waals surface area contributed by atoms with Crippen LogP contribution in [0.5, 0.6) is 5.75 Å². The van der Waals surface area contributed by atoms with Crippen LogP contribution in [0.4, 0.5) is 4.39 Å². The zero-order valence-electron chi connectivity index (χ0n) is 13.9. The summed E-state index contributed by atoms with van der Waals surface area (Å²) >= 11 is 0. The van der Waals surface area contributed by atoms with Gasteiger partial charge < -0.3 is 9.64 Å². The molecule has 0 bridgehead atoms. The summed E-state index contributed by atoms with van der Waals surface area (Å²) in [6.07, 6.45) is 1.26. The highest BCUT2D eigenvalue weighted by molar-refractivity contribution is 5.79. The molecule has 0 radical (unpaired) electrons. The minimum Gasteiger partial charge on any atom is -0.487 e. The van der Waals surface area contributed by atoms with Crippen LogP contribution < -0.4 is 10.4 Å². The normalized spacial score (nSPS) is 20.1. The number of benzene rings is 1. The van der Waals surface area contributed by atoms with E-state index in [1.54, 1.807) is 28.6 Å². The van der Waals surface area contributed by atoms with Gasteiger partial charge in [-0.25, -0.2) is 13.9 Å². The Bertz CT molecular complexity index is 852. The van der Waals surface area contributed by atoms with Gasteiger partial charge in [-0.2, -0.15) is 5.10 Å². The van der Waals surface area contributed by atoms with Gasteiger partial charge in [-0.1, -0.05) is 0 Å².